The molecule has 9 rings (SSSR count). The molecule has 0 aliphatic rings. The van der Waals surface area contributed by atoms with Crippen LogP contribution < -0.4 is 0 Å². The molecule has 0 N–H and O–H groups in total. The molecule has 0 fully saturated rings. The number of para-hydroxylation sites is 2. The molecule has 0 radical (unpaired) electrons. The van der Waals surface area contributed by atoms with E-state index < -0.39 is 0 Å². The molecule has 0 saturated carbocycles. The standard InChI is InChI=1S/C43H29N3O/c1-44-43(45-27-28-21-23-30(24-22-28)29-11-3-2-4-12-29)36-17-10-20-39-40(36)35-16-9-19-38(42(35)47-39)46-37-18-8-7-15-33(37)34-26-25-31-13-5-6-14-32(31)41(34)46/h2-26H,1,27H2/b45-43-. The number of aliphatic imine (C=N–C) groups is 2. The quantitative estimate of drug-likeness (QED) is 0.143. The molecular formula is C43H29N3O. The summed E-state index contributed by atoms with van der Waals surface area (Å²) in [6.07, 6.45) is 0. The zero-order valence-corrected chi connectivity index (χ0v) is 25.6. The van der Waals surface area contributed by atoms with E-state index in [4.69, 9.17) is 9.41 Å². The summed E-state index contributed by atoms with van der Waals surface area (Å²) in [6, 6.07) is 53.0. The fourth-order valence-corrected chi connectivity index (χ4v) is 7.00. The molecule has 0 saturated heterocycles. The van der Waals surface area contributed by atoms with Crippen molar-refractivity contribution in [2.75, 3.05) is 0 Å². The molecule has 2 heterocycles. The Kier molecular flexibility index (Phi) is 6.32. The molecule has 0 atom stereocenters. The number of nitrogens with zero attached hydrogens (tertiary/aromatic N) is 3. The Morgan fingerprint density at radius 1 is 0.596 bits per heavy atom. The minimum Gasteiger partial charge on any atom is -0.454 e. The minimum absolute atomic E-state index is 0.495. The van der Waals surface area contributed by atoms with Gasteiger partial charge in [0, 0.05) is 32.5 Å². The van der Waals surface area contributed by atoms with E-state index in [1.54, 1.807) is 0 Å². The van der Waals surface area contributed by atoms with Gasteiger partial charge in [-0.05, 0) is 47.0 Å². The average Bonchev–Trinajstić information content (AvgIpc) is 3.69. The molecule has 0 bridgehead atoms. The van der Waals surface area contributed by atoms with Crippen LogP contribution in [0.3, 0.4) is 0 Å². The minimum atomic E-state index is 0.495. The normalized spacial score (nSPS) is 12.1. The van der Waals surface area contributed by atoms with Gasteiger partial charge in [0.05, 0.1) is 23.3 Å². The maximum Gasteiger partial charge on any atom is 0.159 e. The van der Waals surface area contributed by atoms with Crippen LogP contribution in [0.4, 0.5) is 0 Å². The monoisotopic (exact) mass is 603 g/mol. The number of hydrogen-bond donors (Lipinski definition) is 0. The number of aromatic nitrogens is 1. The fourth-order valence-electron chi connectivity index (χ4n) is 7.00. The van der Waals surface area contributed by atoms with Crippen LogP contribution in [0.2, 0.25) is 0 Å². The average molecular weight is 604 g/mol. The third-order valence-corrected chi connectivity index (χ3v) is 9.17. The van der Waals surface area contributed by atoms with Crippen molar-refractivity contribution >= 4 is 67.1 Å². The number of benzene rings is 7. The molecule has 4 heteroatoms. The van der Waals surface area contributed by atoms with E-state index in [0.717, 1.165) is 44.3 Å². The number of hydrogen-bond acceptors (Lipinski definition) is 2. The Labute approximate surface area is 271 Å². The van der Waals surface area contributed by atoms with Gasteiger partial charge in [0.1, 0.15) is 5.58 Å². The van der Waals surface area contributed by atoms with Gasteiger partial charge < -0.3 is 8.98 Å². The molecule has 0 unspecified atom stereocenters. The largest absolute Gasteiger partial charge is 0.454 e. The predicted octanol–water partition coefficient (Wildman–Crippen LogP) is 11.2. The van der Waals surface area contributed by atoms with Crippen molar-refractivity contribution in [3.8, 4) is 16.8 Å². The van der Waals surface area contributed by atoms with Gasteiger partial charge in [-0.25, -0.2) is 4.99 Å². The molecule has 222 valence electrons. The molecule has 7 aromatic carbocycles. The lowest BCUT2D eigenvalue weighted by atomic mass is 10.0. The second kappa shape index (κ2) is 11.0. The molecule has 47 heavy (non-hydrogen) atoms. The van der Waals surface area contributed by atoms with E-state index >= 15 is 0 Å². The van der Waals surface area contributed by atoms with E-state index in [0.29, 0.717) is 12.4 Å². The summed E-state index contributed by atoms with van der Waals surface area (Å²) in [7, 11) is 0. The van der Waals surface area contributed by atoms with Crippen molar-refractivity contribution in [3.63, 3.8) is 0 Å². The Hall–Kier alpha value is -6.26. The van der Waals surface area contributed by atoms with Gasteiger partial charge in [0.2, 0.25) is 0 Å². The maximum absolute atomic E-state index is 6.73. The zero-order chi connectivity index (χ0) is 31.3. The highest BCUT2D eigenvalue weighted by atomic mass is 16.3. The van der Waals surface area contributed by atoms with Crippen LogP contribution in [0, 0.1) is 0 Å². The molecule has 4 nitrogen and oxygen atoms in total. The lowest BCUT2D eigenvalue weighted by Gasteiger charge is -2.10. The molecule has 9 aromatic rings. The Morgan fingerprint density at radius 2 is 1.32 bits per heavy atom. The molecule has 0 amide bonds. The number of rotatable bonds is 5. The highest BCUT2D eigenvalue weighted by Crippen LogP contribution is 2.41. The van der Waals surface area contributed by atoms with E-state index in [1.165, 1.54) is 38.2 Å². The molecule has 0 aliphatic carbocycles. The Balaban J connectivity index is 1.20. The summed E-state index contributed by atoms with van der Waals surface area (Å²) < 4.78 is 9.09. The van der Waals surface area contributed by atoms with Crippen LogP contribution in [0.15, 0.2) is 166 Å². The van der Waals surface area contributed by atoms with Crippen LogP contribution in [-0.2, 0) is 6.54 Å². The number of amidine groups is 1. The Bertz CT molecular complexity index is 2660. The van der Waals surface area contributed by atoms with E-state index in [-0.39, 0.29) is 0 Å². The molecule has 0 spiro atoms. The van der Waals surface area contributed by atoms with Crippen LogP contribution in [-0.4, -0.2) is 17.1 Å². The maximum atomic E-state index is 6.73. The van der Waals surface area contributed by atoms with Crippen molar-refractivity contribution < 1.29 is 4.42 Å². The smallest absolute Gasteiger partial charge is 0.159 e. The van der Waals surface area contributed by atoms with Crippen LogP contribution in [0.5, 0.6) is 0 Å². The van der Waals surface area contributed by atoms with Crippen LogP contribution in [0.1, 0.15) is 11.1 Å². The van der Waals surface area contributed by atoms with Crippen molar-refractivity contribution in [2.24, 2.45) is 9.98 Å². The third-order valence-electron chi connectivity index (χ3n) is 9.17. The first-order chi connectivity index (χ1) is 23.3. The van der Waals surface area contributed by atoms with Crippen molar-refractivity contribution in [2.45, 2.75) is 6.54 Å². The molecule has 2 aromatic heterocycles. The number of fused-ring (bicyclic) bond motifs is 8. The van der Waals surface area contributed by atoms with Gasteiger partial charge in [-0.2, -0.15) is 0 Å². The SMILES string of the molecule is C=N/C(=N\Cc1ccc(-c2ccccc2)cc1)c1cccc2oc3c(-n4c5ccccc5c5ccc6ccccc6c54)cccc3c12. The van der Waals surface area contributed by atoms with Gasteiger partial charge in [0.15, 0.2) is 11.4 Å². The summed E-state index contributed by atoms with van der Waals surface area (Å²) in [5.74, 6) is 0.596. The van der Waals surface area contributed by atoms with Gasteiger partial charge in [-0.1, -0.05) is 133 Å². The third kappa shape index (κ3) is 4.38. The van der Waals surface area contributed by atoms with Gasteiger partial charge in [-0.3, -0.25) is 4.99 Å². The number of furan rings is 1. The van der Waals surface area contributed by atoms with Gasteiger partial charge in [-0.15, -0.1) is 0 Å². The summed E-state index contributed by atoms with van der Waals surface area (Å²) in [4.78, 5) is 9.37. The second-order valence-corrected chi connectivity index (χ2v) is 11.8. The summed E-state index contributed by atoms with van der Waals surface area (Å²) in [5, 5.41) is 6.84. The van der Waals surface area contributed by atoms with E-state index in [1.807, 2.05) is 18.2 Å². The zero-order valence-electron chi connectivity index (χ0n) is 25.6. The van der Waals surface area contributed by atoms with E-state index in [2.05, 4.69) is 150 Å². The van der Waals surface area contributed by atoms with Gasteiger partial charge >= 0.3 is 0 Å². The topological polar surface area (TPSA) is 42.8 Å². The van der Waals surface area contributed by atoms with Crippen molar-refractivity contribution in [3.05, 3.63) is 163 Å². The first kappa shape index (κ1) is 27.1. The lowest BCUT2D eigenvalue weighted by molar-refractivity contribution is 0.666. The van der Waals surface area contributed by atoms with Crippen LogP contribution in [0.25, 0.3) is 71.3 Å². The fraction of sp³-hybridized carbons (Fsp3) is 0.0233. The van der Waals surface area contributed by atoms with Crippen molar-refractivity contribution in [1.82, 2.24) is 4.57 Å². The molecular weight excluding hydrogens is 574 g/mol. The molecule has 0 aliphatic heterocycles. The van der Waals surface area contributed by atoms with Crippen LogP contribution >= 0.6 is 0 Å². The highest BCUT2D eigenvalue weighted by molar-refractivity contribution is 6.22. The predicted molar refractivity (Wildman–Crippen MR) is 197 cm³/mol. The van der Waals surface area contributed by atoms with Crippen molar-refractivity contribution in [1.29, 1.82) is 0 Å². The summed E-state index contributed by atoms with van der Waals surface area (Å²) >= 11 is 0. The summed E-state index contributed by atoms with van der Waals surface area (Å²) in [6.45, 7) is 4.41. The second-order valence-electron chi connectivity index (χ2n) is 11.8. The lowest BCUT2D eigenvalue weighted by Crippen LogP contribution is -1.99. The first-order valence-corrected chi connectivity index (χ1v) is 15.8. The highest BCUT2D eigenvalue weighted by Gasteiger charge is 2.21. The first-order valence-electron chi connectivity index (χ1n) is 15.8. The van der Waals surface area contributed by atoms with Gasteiger partial charge in [0.25, 0.3) is 0 Å². The van der Waals surface area contributed by atoms with E-state index in [9.17, 15) is 0 Å². The Morgan fingerprint density at radius 3 is 2.17 bits per heavy atom. The summed E-state index contributed by atoms with van der Waals surface area (Å²) in [5.41, 5.74) is 9.31.